The van der Waals surface area contributed by atoms with Gasteiger partial charge in [-0.1, -0.05) is 0 Å². The summed E-state index contributed by atoms with van der Waals surface area (Å²) in [7, 11) is 0. The Morgan fingerprint density at radius 1 is 1.28 bits per heavy atom. The van der Waals surface area contributed by atoms with Crippen molar-refractivity contribution >= 4 is 27.9 Å². The molecule has 6 nitrogen and oxygen atoms in total. The Morgan fingerprint density at radius 2 is 2.08 bits per heavy atom. The Hall–Kier alpha value is -2.30. The zero-order chi connectivity index (χ0) is 18.2. The van der Waals surface area contributed by atoms with Gasteiger partial charge in [-0.15, -0.1) is 10.2 Å². The number of likely N-dealkylation sites (N-methyl/N-ethyl adjacent to an activating group) is 1. The number of benzene rings is 1. The Balaban J connectivity index is 2.16. The molecule has 1 heterocycles. The number of nitrogens with zero attached hydrogens (tertiary/aromatic N) is 5. The summed E-state index contributed by atoms with van der Waals surface area (Å²) in [5.74, 6) is 0. The second kappa shape index (κ2) is 9.25. The van der Waals surface area contributed by atoms with Crippen LogP contribution in [0.1, 0.15) is 30.7 Å². The highest BCUT2D eigenvalue weighted by molar-refractivity contribution is 7.10. The molecule has 1 aromatic carbocycles. The normalized spacial score (nSPS) is 11.0. The molecule has 0 aliphatic heterocycles. The fraction of sp³-hybridized carbons (Fsp3) is 0.444. The molecular weight excluding hydrogens is 334 g/mol. The summed E-state index contributed by atoms with van der Waals surface area (Å²) in [6.07, 6.45) is 0. The number of hydrogen-bond acceptors (Lipinski definition) is 7. The van der Waals surface area contributed by atoms with Crippen LogP contribution in [-0.2, 0) is 4.74 Å². The fourth-order valence-electron chi connectivity index (χ4n) is 2.39. The Bertz CT molecular complexity index is 778. The molecule has 0 saturated carbocycles. The molecule has 2 aromatic rings. The van der Waals surface area contributed by atoms with Gasteiger partial charge in [0.05, 0.1) is 18.0 Å². The zero-order valence-electron chi connectivity index (χ0n) is 15.1. The van der Waals surface area contributed by atoms with Gasteiger partial charge in [-0.25, -0.2) is 0 Å². The lowest BCUT2D eigenvalue weighted by Crippen LogP contribution is -2.27. The highest BCUT2D eigenvalue weighted by Crippen LogP contribution is 2.30. The first-order chi connectivity index (χ1) is 12.1. The minimum absolute atomic E-state index is 0.496. The fourth-order valence-corrected chi connectivity index (χ4v) is 3.07. The summed E-state index contributed by atoms with van der Waals surface area (Å²) in [6, 6.07) is 8.23. The lowest BCUT2D eigenvalue weighted by molar-refractivity contribution is 0.154. The molecule has 7 heteroatoms. The summed E-state index contributed by atoms with van der Waals surface area (Å²) in [5.41, 5.74) is 4.16. The van der Waals surface area contributed by atoms with Crippen LogP contribution >= 0.6 is 11.5 Å². The SMILES string of the molecule is CCOCCN(CC)c1ccc(/N=N/c2snc(C)c2C#N)c(C)c1. The third kappa shape index (κ3) is 4.84. The van der Waals surface area contributed by atoms with Crippen LogP contribution in [0, 0.1) is 25.2 Å². The van der Waals surface area contributed by atoms with Gasteiger partial charge in [-0.3, -0.25) is 0 Å². The first-order valence-corrected chi connectivity index (χ1v) is 9.09. The van der Waals surface area contributed by atoms with Crippen LogP contribution < -0.4 is 4.90 Å². The Kier molecular flexibility index (Phi) is 7.04. The number of rotatable bonds is 8. The lowest BCUT2D eigenvalue weighted by Gasteiger charge is -2.23. The number of ether oxygens (including phenoxy) is 1. The van der Waals surface area contributed by atoms with E-state index >= 15 is 0 Å². The molecule has 0 fully saturated rings. The number of nitriles is 1. The first kappa shape index (κ1) is 19.0. The average Bonchev–Trinajstić information content (AvgIpc) is 2.97. The number of azo groups is 1. The van der Waals surface area contributed by atoms with E-state index < -0.39 is 0 Å². The van der Waals surface area contributed by atoms with Gasteiger partial charge in [0.15, 0.2) is 5.00 Å². The van der Waals surface area contributed by atoms with Gasteiger partial charge in [0, 0.05) is 25.4 Å². The minimum atomic E-state index is 0.496. The van der Waals surface area contributed by atoms with E-state index in [1.807, 2.05) is 26.0 Å². The smallest absolute Gasteiger partial charge is 0.176 e. The van der Waals surface area contributed by atoms with Gasteiger partial charge in [-0.2, -0.15) is 9.64 Å². The molecule has 0 bridgehead atoms. The molecule has 132 valence electrons. The van der Waals surface area contributed by atoms with E-state index in [4.69, 9.17) is 10.00 Å². The van der Waals surface area contributed by atoms with Gasteiger partial charge < -0.3 is 9.64 Å². The van der Waals surface area contributed by atoms with E-state index in [2.05, 4.69) is 38.6 Å². The summed E-state index contributed by atoms with van der Waals surface area (Å²) in [5, 5.41) is 18.2. The summed E-state index contributed by atoms with van der Waals surface area (Å²) in [4.78, 5) is 2.27. The quantitative estimate of drug-likeness (QED) is 0.497. The van der Waals surface area contributed by atoms with Crippen molar-refractivity contribution in [2.24, 2.45) is 10.2 Å². The topological polar surface area (TPSA) is 73.9 Å². The molecule has 25 heavy (non-hydrogen) atoms. The maximum atomic E-state index is 9.15. The molecular formula is C18H23N5OS. The van der Waals surface area contributed by atoms with Crippen molar-refractivity contribution in [3.63, 3.8) is 0 Å². The molecule has 1 aromatic heterocycles. The molecule has 0 N–H and O–H groups in total. The second-order valence-electron chi connectivity index (χ2n) is 5.51. The Morgan fingerprint density at radius 3 is 2.72 bits per heavy atom. The van der Waals surface area contributed by atoms with Crippen LogP contribution in [0.5, 0.6) is 0 Å². The molecule has 0 aliphatic carbocycles. The standard InChI is InChI=1S/C18H23N5OS/c1-5-23(9-10-24-6-2)15-7-8-17(13(3)11-15)20-21-18-16(12-19)14(4)22-25-18/h7-8,11H,5-6,9-10H2,1-4H3/b21-20+. The molecule has 0 atom stereocenters. The number of hydrogen-bond donors (Lipinski definition) is 0. The third-order valence-electron chi connectivity index (χ3n) is 3.84. The van der Waals surface area contributed by atoms with E-state index in [1.165, 1.54) is 11.5 Å². The largest absolute Gasteiger partial charge is 0.380 e. The number of aromatic nitrogens is 1. The number of aryl methyl sites for hydroxylation is 2. The van der Waals surface area contributed by atoms with Crippen molar-refractivity contribution in [1.29, 1.82) is 5.26 Å². The molecule has 2 rings (SSSR count). The molecule has 0 saturated heterocycles. The van der Waals surface area contributed by atoms with E-state index in [1.54, 1.807) is 6.92 Å². The van der Waals surface area contributed by atoms with Crippen LogP contribution in [-0.4, -0.2) is 30.7 Å². The summed E-state index contributed by atoms with van der Waals surface area (Å²) < 4.78 is 9.60. The third-order valence-corrected chi connectivity index (χ3v) is 4.67. The van der Waals surface area contributed by atoms with Crippen LogP contribution in [0.25, 0.3) is 0 Å². The van der Waals surface area contributed by atoms with Crippen molar-refractivity contribution in [3.05, 3.63) is 35.0 Å². The van der Waals surface area contributed by atoms with E-state index in [0.29, 0.717) is 22.9 Å². The van der Waals surface area contributed by atoms with E-state index in [9.17, 15) is 0 Å². The predicted octanol–water partition coefficient (Wildman–Crippen LogP) is 4.91. The Labute approximate surface area is 152 Å². The van der Waals surface area contributed by atoms with E-state index in [0.717, 1.165) is 36.6 Å². The van der Waals surface area contributed by atoms with Crippen LogP contribution in [0.2, 0.25) is 0 Å². The van der Waals surface area contributed by atoms with Crippen molar-refractivity contribution in [1.82, 2.24) is 4.37 Å². The average molecular weight is 357 g/mol. The van der Waals surface area contributed by atoms with E-state index in [-0.39, 0.29) is 0 Å². The second-order valence-corrected chi connectivity index (χ2v) is 6.26. The predicted molar refractivity (Wildman–Crippen MR) is 101 cm³/mol. The van der Waals surface area contributed by atoms with Gasteiger partial charge in [-0.05, 0) is 63.0 Å². The minimum Gasteiger partial charge on any atom is -0.380 e. The van der Waals surface area contributed by atoms with Crippen LogP contribution in [0.4, 0.5) is 16.4 Å². The van der Waals surface area contributed by atoms with Gasteiger partial charge >= 0.3 is 0 Å². The maximum absolute atomic E-state index is 9.15. The van der Waals surface area contributed by atoms with Crippen molar-refractivity contribution < 1.29 is 4.74 Å². The first-order valence-electron chi connectivity index (χ1n) is 8.32. The van der Waals surface area contributed by atoms with Crippen LogP contribution in [0.15, 0.2) is 28.4 Å². The molecule has 0 amide bonds. The van der Waals surface area contributed by atoms with Crippen molar-refractivity contribution in [2.75, 3.05) is 31.2 Å². The summed E-state index contributed by atoms with van der Waals surface area (Å²) in [6.45, 7) is 11.2. The highest BCUT2D eigenvalue weighted by Gasteiger charge is 2.10. The monoisotopic (exact) mass is 357 g/mol. The number of anilines is 1. The van der Waals surface area contributed by atoms with Crippen molar-refractivity contribution in [2.45, 2.75) is 27.7 Å². The molecule has 0 aliphatic rings. The van der Waals surface area contributed by atoms with Gasteiger partial charge in [0.1, 0.15) is 11.6 Å². The lowest BCUT2D eigenvalue weighted by atomic mass is 10.1. The van der Waals surface area contributed by atoms with Gasteiger partial charge in [0.25, 0.3) is 0 Å². The van der Waals surface area contributed by atoms with Crippen molar-refractivity contribution in [3.8, 4) is 6.07 Å². The molecule has 0 radical (unpaired) electrons. The zero-order valence-corrected chi connectivity index (χ0v) is 15.9. The molecule has 0 spiro atoms. The van der Waals surface area contributed by atoms with Crippen LogP contribution in [0.3, 0.4) is 0 Å². The highest BCUT2D eigenvalue weighted by atomic mass is 32.1. The summed E-state index contributed by atoms with van der Waals surface area (Å²) >= 11 is 1.19. The molecule has 0 unspecified atom stereocenters. The van der Waals surface area contributed by atoms with Gasteiger partial charge in [0.2, 0.25) is 0 Å². The maximum Gasteiger partial charge on any atom is 0.176 e.